The second-order valence-electron chi connectivity index (χ2n) is 3.22. The van der Waals surface area contributed by atoms with Gasteiger partial charge in [0.25, 0.3) is 0 Å². The Morgan fingerprint density at radius 3 is 1.44 bits per heavy atom. The summed E-state index contributed by atoms with van der Waals surface area (Å²) in [5.74, 6) is 1.48. The van der Waals surface area contributed by atoms with Gasteiger partial charge in [0.1, 0.15) is 12.1 Å². The topological polar surface area (TPSA) is 98.7 Å². The van der Waals surface area contributed by atoms with Crippen molar-refractivity contribution in [2.75, 3.05) is 23.3 Å². The van der Waals surface area contributed by atoms with E-state index in [-0.39, 0.29) is 12.1 Å². The summed E-state index contributed by atoms with van der Waals surface area (Å²) in [5.41, 5.74) is 0. The lowest BCUT2D eigenvalue weighted by Gasteiger charge is -1.98. The Morgan fingerprint density at radius 2 is 1.31 bits per heavy atom. The van der Waals surface area contributed by atoms with Crippen LogP contribution >= 0.6 is 23.5 Å². The van der Waals surface area contributed by atoms with Crippen molar-refractivity contribution in [3.05, 3.63) is 0 Å². The molecule has 6 nitrogen and oxygen atoms in total. The first-order chi connectivity index (χ1) is 7.61. The van der Waals surface area contributed by atoms with Crippen molar-refractivity contribution in [2.45, 2.75) is 12.1 Å². The van der Waals surface area contributed by atoms with Crippen molar-refractivity contribution in [1.29, 1.82) is 0 Å². The van der Waals surface area contributed by atoms with Crippen LogP contribution in [0.4, 0.5) is 0 Å². The first-order valence-electron chi connectivity index (χ1n) is 4.69. The van der Waals surface area contributed by atoms with E-state index in [9.17, 15) is 9.59 Å². The number of hydrogen-bond acceptors (Lipinski definition) is 6. The van der Waals surface area contributed by atoms with E-state index in [1.165, 1.54) is 0 Å². The molecule has 92 valence electrons. The lowest BCUT2D eigenvalue weighted by Crippen LogP contribution is -2.32. The molecule has 0 bridgehead atoms. The molecule has 0 aliphatic carbocycles. The van der Waals surface area contributed by atoms with Crippen LogP contribution in [0.2, 0.25) is 0 Å². The van der Waals surface area contributed by atoms with E-state index in [2.05, 4.69) is 10.6 Å². The van der Waals surface area contributed by atoms with E-state index < -0.39 is 11.9 Å². The van der Waals surface area contributed by atoms with Crippen LogP contribution in [0.25, 0.3) is 0 Å². The van der Waals surface area contributed by atoms with E-state index >= 15 is 0 Å². The first kappa shape index (κ1) is 13.6. The third-order valence-corrected chi connectivity index (χ3v) is 3.91. The number of carboxylic acid groups (broad SMARTS) is 2. The van der Waals surface area contributed by atoms with Crippen LogP contribution < -0.4 is 10.6 Å². The second kappa shape index (κ2) is 7.00. The molecule has 2 rings (SSSR count). The average molecular weight is 266 g/mol. The molecule has 0 aromatic rings. The van der Waals surface area contributed by atoms with Gasteiger partial charge in [-0.1, -0.05) is 0 Å². The highest BCUT2D eigenvalue weighted by molar-refractivity contribution is 7.99. The summed E-state index contributed by atoms with van der Waals surface area (Å²) < 4.78 is 0. The Bertz CT molecular complexity index is 226. The lowest BCUT2D eigenvalue weighted by molar-refractivity contribution is -0.139. The molecular formula is C8H14N2O4S2. The molecule has 4 N–H and O–H groups in total. The largest absolute Gasteiger partial charge is 0.480 e. The van der Waals surface area contributed by atoms with Gasteiger partial charge in [0, 0.05) is 23.3 Å². The Kier molecular flexibility index (Phi) is 5.96. The van der Waals surface area contributed by atoms with Crippen molar-refractivity contribution in [1.82, 2.24) is 10.6 Å². The zero-order valence-electron chi connectivity index (χ0n) is 8.51. The molecule has 0 aromatic carbocycles. The maximum atomic E-state index is 10.1. The summed E-state index contributed by atoms with van der Waals surface area (Å²) in [6.45, 7) is 0. The Hall–Kier alpha value is -0.440. The van der Waals surface area contributed by atoms with Crippen molar-refractivity contribution in [3.63, 3.8) is 0 Å². The second-order valence-corrected chi connectivity index (χ2v) is 5.28. The van der Waals surface area contributed by atoms with E-state index in [4.69, 9.17) is 10.2 Å². The molecule has 0 aromatic heterocycles. The number of nitrogens with one attached hydrogen (secondary N) is 2. The predicted octanol–water partition coefficient (Wildman–Crippen LogP) is -0.533. The fourth-order valence-corrected chi connectivity index (χ4v) is 2.97. The third kappa shape index (κ3) is 4.60. The molecule has 16 heavy (non-hydrogen) atoms. The van der Waals surface area contributed by atoms with Crippen LogP contribution in [0.3, 0.4) is 0 Å². The van der Waals surface area contributed by atoms with Gasteiger partial charge in [-0.2, -0.15) is 0 Å². The SMILES string of the molecule is O=C(O)C1CSCN1.O=C(O)[C@@H]1CSCN1. The zero-order valence-corrected chi connectivity index (χ0v) is 10.1. The molecule has 0 amide bonds. The van der Waals surface area contributed by atoms with Crippen molar-refractivity contribution < 1.29 is 19.8 Å². The molecule has 2 aliphatic rings. The van der Waals surface area contributed by atoms with Crippen molar-refractivity contribution in [2.24, 2.45) is 0 Å². The van der Waals surface area contributed by atoms with Crippen LogP contribution in [-0.4, -0.2) is 57.5 Å². The molecule has 2 aliphatic heterocycles. The smallest absolute Gasteiger partial charge is 0.321 e. The third-order valence-electron chi connectivity index (χ3n) is 2.03. The van der Waals surface area contributed by atoms with Gasteiger partial charge in [-0.15, -0.1) is 23.5 Å². The first-order valence-corrected chi connectivity index (χ1v) is 7.00. The molecule has 0 saturated carbocycles. The van der Waals surface area contributed by atoms with E-state index in [1.807, 2.05) is 0 Å². The zero-order chi connectivity index (χ0) is 12.0. The van der Waals surface area contributed by atoms with Gasteiger partial charge in [0.15, 0.2) is 0 Å². The number of thioether (sulfide) groups is 2. The number of carbonyl (C=O) groups is 2. The molecule has 0 spiro atoms. The molecule has 1 unspecified atom stereocenters. The van der Waals surface area contributed by atoms with E-state index in [0.717, 1.165) is 11.8 Å². The molecule has 0 radical (unpaired) electrons. The van der Waals surface area contributed by atoms with Gasteiger partial charge in [0.05, 0.1) is 0 Å². The van der Waals surface area contributed by atoms with Crippen LogP contribution in [0.1, 0.15) is 0 Å². The Balaban J connectivity index is 0.000000160. The molecule has 2 heterocycles. The standard InChI is InChI=1S/2C4H7NO2S/c2*6-4(7)3-1-8-2-5-3/h2*3,5H,1-2H2,(H,6,7)/t3-;/m0./s1. The maximum absolute atomic E-state index is 10.1. The summed E-state index contributed by atoms with van der Waals surface area (Å²) in [5, 5.41) is 22.3. The van der Waals surface area contributed by atoms with Gasteiger partial charge in [-0.05, 0) is 0 Å². The summed E-state index contributed by atoms with van der Waals surface area (Å²) in [6, 6.07) is -0.611. The van der Waals surface area contributed by atoms with Crippen LogP contribution in [0.5, 0.6) is 0 Å². The maximum Gasteiger partial charge on any atom is 0.321 e. The minimum Gasteiger partial charge on any atom is -0.480 e. The van der Waals surface area contributed by atoms with Gasteiger partial charge >= 0.3 is 11.9 Å². The lowest BCUT2D eigenvalue weighted by atomic mass is 10.4. The fourth-order valence-electron chi connectivity index (χ4n) is 1.11. The van der Waals surface area contributed by atoms with Crippen molar-refractivity contribution >= 4 is 35.5 Å². The molecule has 8 heteroatoms. The van der Waals surface area contributed by atoms with Gasteiger partial charge < -0.3 is 10.2 Å². The summed E-state index contributed by atoms with van der Waals surface area (Å²) >= 11 is 3.24. The minimum atomic E-state index is -0.741. The highest BCUT2D eigenvalue weighted by atomic mass is 32.2. The minimum absolute atomic E-state index is 0.306. The number of hydrogen-bond donors (Lipinski definition) is 4. The monoisotopic (exact) mass is 266 g/mol. The number of aliphatic carboxylic acids is 2. The Morgan fingerprint density at radius 1 is 0.938 bits per heavy atom. The summed E-state index contributed by atoms with van der Waals surface area (Å²) in [7, 11) is 0. The van der Waals surface area contributed by atoms with E-state index in [1.54, 1.807) is 23.5 Å². The fraction of sp³-hybridized carbons (Fsp3) is 0.750. The highest BCUT2D eigenvalue weighted by Crippen LogP contribution is 2.09. The van der Waals surface area contributed by atoms with E-state index in [0.29, 0.717) is 11.5 Å². The van der Waals surface area contributed by atoms with Crippen LogP contribution in [0, 0.1) is 0 Å². The van der Waals surface area contributed by atoms with Gasteiger partial charge in [-0.25, -0.2) is 0 Å². The molecular weight excluding hydrogens is 252 g/mol. The normalized spacial score (nSPS) is 28.2. The van der Waals surface area contributed by atoms with Gasteiger partial charge in [-0.3, -0.25) is 20.2 Å². The predicted molar refractivity (Wildman–Crippen MR) is 63.8 cm³/mol. The van der Waals surface area contributed by atoms with Crippen LogP contribution in [0.15, 0.2) is 0 Å². The number of rotatable bonds is 2. The Labute approximate surface area is 102 Å². The molecule has 2 fully saturated rings. The number of carboxylic acids is 2. The quantitative estimate of drug-likeness (QED) is 0.529. The van der Waals surface area contributed by atoms with Gasteiger partial charge in [0.2, 0.25) is 0 Å². The highest BCUT2D eigenvalue weighted by Gasteiger charge is 2.21. The molecule has 2 saturated heterocycles. The summed E-state index contributed by atoms with van der Waals surface area (Å²) in [4.78, 5) is 20.3. The van der Waals surface area contributed by atoms with Crippen LogP contribution in [-0.2, 0) is 9.59 Å². The van der Waals surface area contributed by atoms with Crippen molar-refractivity contribution in [3.8, 4) is 0 Å². The average Bonchev–Trinajstić information content (AvgIpc) is 2.93. The molecule has 2 atom stereocenters. The summed E-state index contributed by atoms with van der Waals surface area (Å²) in [6.07, 6.45) is 0.